The summed E-state index contributed by atoms with van der Waals surface area (Å²) >= 11 is 0. The van der Waals surface area contributed by atoms with Crippen LogP contribution in [0.3, 0.4) is 0 Å². The zero-order valence-corrected chi connectivity index (χ0v) is 10.4. The molecule has 0 amide bonds. The minimum Gasteiger partial charge on any atom is -1.00 e. The number of hydrazone groups is 1. The molecular formula is C7H9N2NaO3S. The van der Waals surface area contributed by atoms with Crippen LogP contribution in [0.1, 0.15) is 6.99 Å². The van der Waals surface area contributed by atoms with Crippen LogP contribution in [-0.4, -0.2) is 19.2 Å². The third-order valence-corrected chi connectivity index (χ3v) is 2.34. The van der Waals surface area contributed by atoms with Gasteiger partial charge >= 0.3 is 29.6 Å². The SMILES string of the molecule is NN=Cc1ccccc1S(=O)(=O)O.[H-].[Na+]. The fourth-order valence-corrected chi connectivity index (χ4v) is 1.57. The van der Waals surface area contributed by atoms with Gasteiger partial charge in [-0.3, -0.25) is 4.55 Å². The van der Waals surface area contributed by atoms with Crippen molar-refractivity contribution >= 4 is 16.3 Å². The molecule has 0 saturated carbocycles. The number of nitrogens with zero attached hydrogens (tertiary/aromatic N) is 1. The van der Waals surface area contributed by atoms with Gasteiger partial charge in [-0.2, -0.15) is 13.5 Å². The second-order valence-corrected chi connectivity index (χ2v) is 3.68. The first-order valence-electron chi connectivity index (χ1n) is 3.35. The Kier molecular flexibility index (Phi) is 5.32. The van der Waals surface area contributed by atoms with Gasteiger partial charge in [0.25, 0.3) is 10.1 Å². The Morgan fingerprint density at radius 2 is 2.00 bits per heavy atom. The summed E-state index contributed by atoms with van der Waals surface area (Å²) in [5.74, 6) is 4.87. The van der Waals surface area contributed by atoms with Crippen molar-refractivity contribution in [3.8, 4) is 0 Å². The van der Waals surface area contributed by atoms with E-state index in [4.69, 9.17) is 10.4 Å². The van der Waals surface area contributed by atoms with E-state index in [-0.39, 0.29) is 41.4 Å². The molecule has 7 heteroatoms. The van der Waals surface area contributed by atoms with Gasteiger partial charge in [0.1, 0.15) is 4.90 Å². The number of benzene rings is 1. The van der Waals surface area contributed by atoms with E-state index in [1.807, 2.05) is 0 Å². The van der Waals surface area contributed by atoms with E-state index >= 15 is 0 Å². The van der Waals surface area contributed by atoms with Gasteiger partial charge in [0.2, 0.25) is 0 Å². The average molecular weight is 224 g/mol. The second-order valence-electron chi connectivity index (χ2n) is 2.29. The first kappa shape index (κ1) is 13.6. The molecule has 1 aromatic rings. The summed E-state index contributed by atoms with van der Waals surface area (Å²) < 4.78 is 30.3. The van der Waals surface area contributed by atoms with Crippen molar-refractivity contribution in [3.05, 3.63) is 29.8 Å². The van der Waals surface area contributed by atoms with E-state index in [1.165, 1.54) is 18.2 Å². The second kappa shape index (κ2) is 5.47. The van der Waals surface area contributed by atoms with E-state index in [1.54, 1.807) is 6.07 Å². The van der Waals surface area contributed by atoms with Crippen molar-refractivity contribution in [1.29, 1.82) is 0 Å². The first-order chi connectivity index (χ1) is 6.05. The molecule has 14 heavy (non-hydrogen) atoms. The minimum absolute atomic E-state index is 0. The predicted octanol–water partition coefficient (Wildman–Crippen LogP) is -2.66. The summed E-state index contributed by atoms with van der Waals surface area (Å²) in [6.07, 6.45) is 1.16. The fourth-order valence-electron chi connectivity index (χ4n) is 0.902. The van der Waals surface area contributed by atoms with Crippen molar-refractivity contribution in [2.75, 3.05) is 0 Å². The molecule has 0 fully saturated rings. The maximum atomic E-state index is 10.8. The molecule has 0 unspecified atom stereocenters. The zero-order valence-electron chi connectivity index (χ0n) is 8.58. The third-order valence-electron chi connectivity index (χ3n) is 1.41. The quantitative estimate of drug-likeness (QED) is 0.188. The molecule has 0 bridgehead atoms. The number of rotatable bonds is 2. The number of nitrogens with two attached hydrogens (primary N) is 1. The first-order valence-corrected chi connectivity index (χ1v) is 4.79. The van der Waals surface area contributed by atoms with Crippen molar-refractivity contribution in [1.82, 2.24) is 0 Å². The van der Waals surface area contributed by atoms with Gasteiger partial charge in [-0.1, -0.05) is 18.2 Å². The van der Waals surface area contributed by atoms with Gasteiger partial charge in [-0.15, -0.1) is 0 Å². The average Bonchev–Trinajstić information content (AvgIpc) is 2.04. The molecule has 5 nitrogen and oxygen atoms in total. The Hall–Kier alpha value is -0.400. The van der Waals surface area contributed by atoms with Gasteiger partial charge in [-0.25, -0.2) is 0 Å². The van der Waals surface area contributed by atoms with Gasteiger partial charge in [-0.05, 0) is 6.07 Å². The largest absolute Gasteiger partial charge is 1.00 e. The van der Waals surface area contributed by atoms with Crippen molar-refractivity contribution in [2.45, 2.75) is 4.90 Å². The Balaban J connectivity index is 0. The van der Waals surface area contributed by atoms with Crippen LogP contribution in [0, 0.1) is 0 Å². The standard InChI is InChI=1S/C7H8N2O3S.Na.H/c8-9-5-6-3-1-2-4-7(6)13(10,11)12;;/h1-5H,8H2,(H,10,11,12);;/q;+1;-1. The number of hydrogen-bond acceptors (Lipinski definition) is 4. The minimum atomic E-state index is -4.20. The molecule has 0 aliphatic rings. The predicted molar refractivity (Wildman–Crippen MR) is 49.2 cm³/mol. The molecule has 0 aliphatic heterocycles. The van der Waals surface area contributed by atoms with Crippen LogP contribution in [0.15, 0.2) is 34.3 Å². The molecule has 72 valence electrons. The third kappa shape index (κ3) is 3.39. The maximum absolute atomic E-state index is 10.8. The van der Waals surface area contributed by atoms with Crippen molar-refractivity contribution in [2.24, 2.45) is 10.9 Å². The summed E-state index contributed by atoms with van der Waals surface area (Å²) in [5.41, 5.74) is 0.257. The zero-order chi connectivity index (χ0) is 9.90. The summed E-state index contributed by atoms with van der Waals surface area (Å²) in [6, 6.07) is 5.87. The maximum Gasteiger partial charge on any atom is 1.00 e. The van der Waals surface area contributed by atoms with Crippen LogP contribution in [0.4, 0.5) is 0 Å². The normalized spacial score (nSPS) is 11.2. The molecule has 0 saturated heterocycles. The van der Waals surface area contributed by atoms with Gasteiger partial charge in [0.05, 0.1) is 6.21 Å². The van der Waals surface area contributed by atoms with E-state index in [2.05, 4.69) is 5.10 Å². The summed E-state index contributed by atoms with van der Waals surface area (Å²) in [6.45, 7) is 0. The monoisotopic (exact) mass is 224 g/mol. The molecule has 0 atom stereocenters. The number of hydrogen-bond donors (Lipinski definition) is 2. The molecule has 1 rings (SSSR count). The van der Waals surface area contributed by atoms with Gasteiger partial charge in [0, 0.05) is 5.56 Å². The molecule has 0 spiro atoms. The summed E-state index contributed by atoms with van der Waals surface area (Å²) in [4.78, 5) is -0.204. The Morgan fingerprint density at radius 1 is 1.43 bits per heavy atom. The molecule has 0 aromatic heterocycles. The van der Waals surface area contributed by atoms with E-state index in [0.717, 1.165) is 6.21 Å². The van der Waals surface area contributed by atoms with Crippen LogP contribution < -0.4 is 35.4 Å². The summed E-state index contributed by atoms with van der Waals surface area (Å²) in [5, 5.41) is 3.18. The van der Waals surface area contributed by atoms with Crippen molar-refractivity contribution in [3.63, 3.8) is 0 Å². The van der Waals surface area contributed by atoms with E-state index in [9.17, 15) is 8.42 Å². The fraction of sp³-hybridized carbons (Fsp3) is 0. The molecule has 1 aromatic carbocycles. The molecule has 0 radical (unpaired) electrons. The van der Waals surface area contributed by atoms with Gasteiger partial charge in [0.15, 0.2) is 0 Å². The Bertz CT molecular complexity index is 436. The molecule has 3 N–H and O–H groups in total. The van der Waals surface area contributed by atoms with Crippen LogP contribution >= 0.6 is 0 Å². The van der Waals surface area contributed by atoms with Crippen LogP contribution in [0.2, 0.25) is 0 Å². The van der Waals surface area contributed by atoms with E-state index < -0.39 is 10.1 Å². The molecule has 0 aliphatic carbocycles. The molecular weight excluding hydrogens is 215 g/mol. The van der Waals surface area contributed by atoms with Gasteiger partial charge < -0.3 is 7.27 Å². The topological polar surface area (TPSA) is 92.8 Å². The van der Waals surface area contributed by atoms with Crippen molar-refractivity contribution < 1.29 is 44.0 Å². The smallest absolute Gasteiger partial charge is 1.00 e. The van der Waals surface area contributed by atoms with Crippen LogP contribution in [0.5, 0.6) is 0 Å². The Labute approximate surface area is 106 Å². The molecule has 0 heterocycles. The Morgan fingerprint density at radius 3 is 2.50 bits per heavy atom. The van der Waals surface area contributed by atoms with Crippen LogP contribution in [0.25, 0.3) is 0 Å². The summed E-state index contributed by atoms with van der Waals surface area (Å²) in [7, 11) is -4.20. The van der Waals surface area contributed by atoms with Crippen LogP contribution in [-0.2, 0) is 10.1 Å². The van der Waals surface area contributed by atoms with E-state index in [0.29, 0.717) is 0 Å².